The Kier molecular flexibility index (Phi) is 10.5. The molecule has 3 rings (SSSR count). The number of aliphatic imine (C=N–C) groups is 1. The molecular formula is C23H32FIN4O. The Bertz CT molecular complexity index is 800. The van der Waals surface area contributed by atoms with E-state index in [4.69, 9.17) is 9.73 Å². The number of halogens is 2. The van der Waals surface area contributed by atoms with Crippen molar-refractivity contribution >= 4 is 29.9 Å². The topological polar surface area (TPSA) is 48.9 Å². The molecule has 1 fully saturated rings. The maximum Gasteiger partial charge on any atom is 0.191 e. The molecule has 1 heterocycles. The van der Waals surface area contributed by atoms with Crippen molar-refractivity contribution in [2.45, 2.75) is 39.6 Å². The van der Waals surface area contributed by atoms with Gasteiger partial charge in [0.2, 0.25) is 0 Å². The van der Waals surface area contributed by atoms with Crippen LogP contribution in [0.5, 0.6) is 0 Å². The van der Waals surface area contributed by atoms with Crippen LogP contribution in [0.25, 0.3) is 0 Å². The highest BCUT2D eigenvalue weighted by Crippen LogP contribution is 2.13. The van der Waals surface area contributed by atoms with Crippen molar-refractivity contribution < 1.29 is 9.13 Å². The van der Waals surface area contributed by atoms with E-state index >= 15 is 0 Å². The zero-order chi connectivity index (χ0) is 20.5. The smallest absolute Gasteiger partial charge is 0.191 e. The Labute approximate surface area is 196 Å². The van der Waals surface area contributed by atoms with Crippen LogP contribution in [-0.4, -0.2) is 43.2 Å². The van der Waals surface area contributed by atoms with Gasteiger partial charge in [0.05, 0.1) is 19.3 Å². The predicted molar refractivity (Wildman–Crippen MR) is 131 cm³/mol. The summed E-state index contributed by atoms with van der Waals surface area (Å²) in [4.78, 5) is 7.14. The second-order valence-electron chi connectivity index (χ2n) is 7.41. The number of hydrogen-bond acceptors (Lipinski definition) is 3. The highest BCUT2D eigenvalue weighted by molar-refractivity contribution is 14.0. The lowest BCUT2D eigenvalue weighted by atomic mass is 10.1. The molecule has 7 heteroatoms. The molecular weight excluding hydrogens is 494 g/mol. The summed E-state index contributed by atoms with van der Waals surface area (Å²) in [6.45, 7) is 9.84. The van der Waals surface area contributed by atoms with Gasteiger partial charge in [-0.15, -0.1) is 24.0 Å². The Balaban J connectivity index is 0.00000320. The maximum atomic E-state index is 13.0. The zero-order valence-electron chi connectivity index (χ0n) is 17.7. The van der Waals surface area contributed by atoms with Gasteiger partial charge in [0, 0.05) is 32.7 Å². The Morgan fingerprint density at radius 2 is 1.90 bits per heavy atom. The average molecular weight is 526 g/mol. The van der Waals surface area contributed by atoms with Gasteiger partial charge in [0.1, 0.15) is 5.82 Å². The average Bonchev–Trinajstić information content (AvgIpc) is 2.71. The van der Waals surface area contributed by atoms with E-state index in [1.54, 1.807) is 12.1 Å². The van der Waals surface area contributed by atoms with Gasteiger partial charge in [0.15, 0.2) is 5.96 Å². The first-order valence-electron chi connectivity index (χ1n) is 10.3. The molecule has 0 amide bonds. The molecule has 2 aromatic rings. The summed E-state index contributed by atoms with van der Waals surface area (Å²) in [6.07, 6.45) is 0.298. The monoisotopic (exact) mass is 526 g/mol. The van der Waals surface area contributed by atoms with Gasteiger partial charge < -0.3 is 15.4 Å². The van der Waals surface area contributed by atoms with Gasteiger partial charge in [-0.2, -0.15) is 0 Å². The minimum absolute atomic E-state index is 0. The van der Waals surface area contributed by atoms with Crippen LogP contribution >= 0.6 is 24.0 Å². The lowest BCUT2D eigenvalue weighted by molar-refractivity contribution is -0.0212. The van der Waals surface area contributed by atoms with Crippen LogP contribution in [0.3, 0.4) is 0 Å². The number of nitrogens with zero attached hydrogens (tertiary/aromatic N) is 2. The molecule has 5 nitrogen and oxygen atoms in total. The molecule has 1 unspecified atom stereocenters. The van der Waals surface area contributed by atoms with Gasteiger partial charge in [-0.1, -0.05) is 36.4 Å². The largest absolute Gasteiger partial charge is 0.376 e. The number of benzene rings is 2. The molecule has 0 aromatic heterocycles. The highest BCUT2D eigenvalue weighted by atomic mass is 127. The standard InChI is InChI=1S/C23H31FN4O.HI/c1-3-25-23(26-14-19-7-9-22(24)10-8-19)27-15-20-5-4-6-21(13-20)17-28-11-12-29-18(2)16-28;/h4-10,13,18H,3,11-12,14-17H2,1-2H3,(H2,25,26,27);1H. The van der Waals surface area contributed by atoms with E-state index < -0.39 is 0 Å². The third kappa shape index (κ3) is 8.20. The van der Waals surface area contributed by atoms with E-state index in [1.807, 2.05) is 6.92 Å². The van der Waals surface area contributed by atoms with Crippen LogP contribution in [-0.2, 0) is 24.4 Å². The SMILES string of the molecule is CCNC(=NCc1cccc(CN2CCOC(C)C2)c1)NCc1ccc(F)cc1.I. The molecule has 1 saturated heterocycles. The van der Waals surface area contributed by atoms with Gasteiger partial charge in [-0.05, 0) is 42.7 Å². The minimum atomic E-state index is -0.222. The minimum Gasteiger partial charge on any atom is -0.376 e. The summed E-state index contributed by atoms with van der Waals surface area (Å²) in [6, 6.07) is 15.1. The molecule has 2 aromatic carbocycles. The third-order valence-corrected chi connectivity index (χ3v) is 4.86. The number of guanidine groups is 1. The van der Waals surface area contributed by atoms with Crippen molar-refractivity contribution in [2.75, 3.05) is 26.2 Å². The highest BCUT2D eigenvalue weighted by Gasteiger charge is 2.16. The summed E-state index contributed by atoms with van der Waals surface area (Å²) in [5.41, 5.74) is 3.50. The fourth-order valence-corrected chi connectivity index (χ4v) is 3.42. The number of ether oxygens (including phenoxy) is 1. The number of nitrogens with one attached hydrogen (secondary N) is 2. The van der Waals surface area contributed by atoms with E-state index in [9.17, 15) is 4.39 Å². The first-order chi connectivity index (χ1) is 14.1. The van der Waals surface area contributed by atoms with Crippen molar-refractivity contribution in [1.82, 2.24) is 15.5 Å². The first-order valence-corrected chi connectivity index (χ1v) is 10.3. The summed E-state index contributed by atoms with van der Waals surface area (Å²) in [5, 5.41) is 6.57. The second kappa shape index (κ2) is 12.9. The van der Waals surface area contributed by atoms with Crippen molar-refractivity contribution in [1.29, 1.82) is 0 Å². The van der Waals surface area contributed by atoms with E-state index in [1.165, 1.54) is 23.3 Å². The van der Waals surface area contributed by atoms with Crippen LogP contribution in [0.2, 0.25) is 0 Å². The van der Waals surface area contributed by atoms with E-state index in [-0.39, 0.29) is 29.8 Å². The normalized spacial score (nSPS) is 17.3. The van der Waals surface area contributed by atoms with Gasteiger partial charge >= 0.3 is 0 Å². The fourth-order valence-electron chi connectivity index (χ4n) is 3.42. The molecule has 0 aliphatic carbocycles. The first kappa shape index (κ1) is 24.6. The number of hydrogen-bond donors (Lipinski definition) is 2. The van der Waals surface area contributed by atoms with E-state index in [2.05, 4.69) is 46.7 Å². The van der Waals surface area contributed by atoms with Crippen LogP contribution in [0.1, 0.15) is 30.5 Å². The van der Waals surface area contributed by atoms with Crippen LogP contribution in [0.15, 0.2) is 53.5 Å². The summed E-state index contributed by atoms with van der Waals surface area (Å²) in [5.74, 6) is 0.532. The molecule has 1 aliphatic heterocycles. The third-order valence-electron chi connectivity index (χ3n) is 4.86. The Hall–Kier alpha value is -1.71. The van der Waals surface area contributed by atoms with Gasteiger partial charge in [-0.3, -0.25) is 4.90 Å². The molecule has 2 N–H and O–H groups in total. The second-order valence-corrected chi connectivity index (χ2v) is 7.41. The molecule has 0 saturated carbocycles. The lowest BCUT2D eigenvalue weighted by Gasteiger charge is -2.31. The lowest BCUT2D eigenvalue weighted by Crippen LogP contribution is -2.40. The van der Waals surface area contributed by atoms with Gasteiger partial charge in [-0.25, -0.2) is 9.38 Å². The molecule has 164 valence electrons. The van der Waals surface area contributed by atoms with Crippen molar-refractivity contribution in [3.63, 3.8) is 0 Å². The predicted octanol–water partition coefficient (Wildman–Crippen LogP) is 3.92. The number of rotatable bonds is 7. The zero-order valence-corrected chi connectivity index (χ0v) is 20.1. The summed E-state index contributed by atoms with van der Waals surface area (Å²) < 4.78 is 18.7. The molecule has 0 bridgehead atoms. The maximum absolute atomic E-state index is 13.0. The van der Waals surface area contributed by atoms with Crippen molar-refractivity contribution in [2.24, 2.45) is 4.99 Å². The van der Waals surface area contributed by atoms with E-state index in [0.29, 0.717) is 19.2 Å². The molecule has 30 heavy (non-hydrogen) atoms. The summed E-state index contributed by atoms with van der Waals surface area (Å²) >= 11 is 0. The van der Waals surface area contributed by atoms with Crippen LogP contribution in [0, 0.1) is 5.82 Å². The molecule has 0 spiro atoms. The van der Waals surface area contributed by atoms with Crippen LogP contribution < -0.4 is 10.6 Å². The fraction of sp³-hybridized carbons (Fsp3) is 0.435. The quantitative estimate of drug-likeness (QED) is 0.327. The Morgan fingerprint density at radius 3 is 2.63 bits per heavy atom. The molecule has 0 radical (unpaired) electrons. The summed E-state index contributed by atoms with van der Waals surface area (Å²) in [7, 11) is 0. The van der Waals surface area contributed by atoms with Crippen LogP contribution in [0.4, 0.5) is 4.39 Å². The Morgan fingerprint density at radius 1 is 1.13 bits per heavy atom. The van der Waals surface area contributed by atoms with Crippen molar-refractivity contribution in [3.8, 4) is 0 Å². The number of morpholine rings is 1. The molecule has 1 aliphatic rings. The van der Waals surface area contributed by atoms with E-state index in [0.717, 1.165) is 44.3 Å². The van der Waals surface area contributed by atoms with Gasteiger partial charge in [0.25, 0.3) is 0 Å². The molecule has 1 atom stereocenters. The van der Waals surface area contributed by atoms with Crippen molar-refractivity contribution in [3.05, 3.63) is 71.0 Å².